The van der Waals surface area contributed by atoms with Crippen LogP contribution in [0.5, 0.6) is 0 Å². The molecule has 0 aliphatic carbocycles. The maximum absolute atomic E-state index is 2.36. The van der Waals surface area contributed by atoms with E-state index in [1.807, 2.05) is 6.92 Å². The van der Waals surface area contributed by atoms with Crippen molar-refractivity contribution in [3.63, 3.8) is 0 Å². The molecule has 0 radical (unpaired) electrons. The van der Waals surface area contributed by atoms with Gasteiger partial charge in [0.2, 0.25) is 0 Å². The van der Waals surface area contributed by atoms with E-state index in [2.05, 4.69) is 41.7 Å². The van der Waals surface area contributed by atoms with Gasteiger partial charge in [-0.25, -0.2) is 0 Å². The lowest BCUT2D eigenvalue weighted by Crippen LogP contribution is -1.75. The van der Waals surface area contributed by atoms with E-state index in [1.54, 1.807) is 0 Å². The first-order valence-corrected chi connectivity index (χ1v) is 3.29. The lowest BCUT2D eigenvalue weighted by molar-refractivity contribution is 1.29. The Labute approximate surface area is 52.8 Å². The summed E-state index contributed by atoms with van der Waals surface area (Å²) >= 11 is 2.36. The Morgan fingerprint density at radius 3 is 2.17 bits per heavy atom. The summed E-state index contributed by atoms with van der Waals surface area (Å²) in [4.78, 5) is 0. The third-order valence-corrected chi connectivity index (χ3v) is 0.873. The van der Waals surface area contributed by atoms with Gasteiger partial charge in [0.05, 0.1) is 0 Å². The Bertz CT molecular complexity index is 45.9. The van der Waals surface area contributed by atoms with Crippen LogP contribution in [0.4, 0.5) is 0 Å². The molecule has 0 unspecified atom stereocenters. The van der Waals surface area contributed by atoms with Crippen LogP contribution in [0.2, 0.25) is 0 Å². The predicted octanol–water partition coefficient (Wildman–Crippen LogP) is 2.39. The summed E-state index contributed by atoms with van der Waals surface area (Å²) in [5.74, 6) is 0. The van der Waals surface area contributed by atoms with Crippen molar-refractivity contribution in [1.29, 1.82) is 0 Å². The van der Waals surface area contributed by atoms with Crippen LogP contribution in [0.1, 0.15) is 13.8 Å². The summed E-state index contributed by atoms with van der Waals surface area (Å²) in [5, 5.41) is 0. The zero-order valence-electron chi connectivity index (χ0n) is 4.11. The molecular weight excluding hydrogens is 187 g/mol. The molecule has 0 rings (SSSR count). The van der Waals surface area contributed by atoms with Crippen molar-refractivity contribution < 1.29 is 0 Å². The van der Waals surface area contributed by atoms with Crippen molar-refractivity contribution in [2.45, 2.75) is 17.8 Å². The van der Waals surface area contributed by atoms with Crippen LogP contribution in [0.25, 0.3) is 0 Å². The molecule has 0 aromatic rings. The Hall–Kier alpha value is 0.470. The fraction of sp³-hybridized carbons (Fsp3) is 0.600. The second-order valence-electron chi connectivity index (χ2n) is 1.20. The Morgan fingerprint density at radius 2 is 2.17 bits per heavy atom. The molecule has 0 heterocycles. The van der Waals surface area contributed by atoms with E-state index in [9.17, 15) is 0 Å². The van der Waals surface area contributed by atoms with Crippen LogP contribution in [0, 0.1) is 0 Å². The average molecular weight is 196 g/mol. The van der Waals surface area contributed by atoms with Gasteiger partial charge in [0, 0.05) is 3.92 Å². The molecule has 0 saturated heterocycles. The molecule has 0 aliphatic heterocycles. The zero-order chi connectivity index (χ0) is 4.99. The SMILES string of the molecule is C/C=C\[C@@H](C)I. The average Bonchev–Trinajstić information content (AvgIpc) is 1.35. The van der Waals surface area contributed by atoms with Crippen LogP contribution in [0.3, 0.4) is 0 Å². The first-order valence-electron chi connectivity index (χ1n) is 2.04. The van der Waals surface area contributed by atoms with Crippen LogP contribution < -0.4 is 0 Å². The highest BCUT2D eigenvalue weighted by atomic mass is 127. The van der Waals surface area contributed by atoms with Gasteiger partial charge in [-0.1, -0.05) is 34.7 Å². The Kier molecular flexibility index (Phi) is 3.94. The van der Waals surface area contributed by atoms with E-state index < -0.39 is 0 Å². The molecule has 0 aromatic heterocycles. The third-order valence-electron chi connectivity index (χ3n) is 0.458. The van der Waals surface area contributed by atoms with Crippen molar-refractivity contribution in [2.24, 2.45) is 0 Å². The van der Waals surface area contributed by atoms with Crippen molar-refractivity contribution in [3.8, 4) is 0 Å². The number of hydrogen-bond acceptors (Lipinski definition) is 0. The van der Waals surface area contributed by atoms with Crippen LogP contribution in [0.15, 0.2) is 12.2 Å². The number of hydrogen-bond donors (Lipinski definition) is 0. The Balaban J connectivity index is 3.03. The lowest BCUT2D eigenvalue weighted by atomic mass is 10.4. The molecule has 0 aromatic carbocycles. The Morgan fingerprint density at radius 1 is 1.67 bits per heavy atom. The first kappa shape index (κ1) is 6.47. The van der Waals surface area contributed by atoms with Crippen molar-refractivity contribution in [3.05, 3.63) is 12.2 Å². The molecule has 0 fully saturated rings. The van der Waals surface area contributed by atoms with Gasteiger partial charge >= 0.3 is 0 Å². The minimum atomic E-state index is 0.688. The summed E-state index contributed by atoms with van der Waals surface area (Å²) < 4.78 is 0.688. The summed E-state index contributed by atoms with van der Waals surface area (Å²) in [6.45, 7) is 4.19. The van der Waals surface area contributed by atoms with E-state index in [0.717, 1.165) is 0 Å². The van der Waals surface area contributed by atoms with Gasteiger partial charge in [-0.2, -0.15) is 0 Å². The standard InChI is InChI=1S/C5H9I/c1-3-4-5(2)6/h3-5H,1-2H3/b4-3-/t5-/m1/s1. The zero-order valence-corrected chi connectivity index (χ0v) is 6.27. The smallest absolute Gasteiger partial charge is 0.0261 e. The molecular formula is C5H9I. The minimum absolute atomic E-state index is 0.688. The van der Waals surface area contributed by atoms with Crippen LogP contribution in [-0.2, 0) is 0 Å². The number of rotatable bonds is 1. The highest BCUT2D eigenvalue weighted by Crippen LogP contribution is 1.97. The lowest BCUT2D eigenvalue weighted by Gasteiger charge is -1.84. The van der Waals surface area contributed by atoms with Crippen LogP contribution >= 0.6 is 22.6 Å². The van der Waals surface area contributed by atoms with E-state index in [4.69, 9.17) is 0 Å². The molecule has 36 valence electrons. The van der Waals surface area contributed by atoms with Crippen LogP contribution in [-0.4, -0.2) is 3.92 Å². The highest BCUT2D eigenvalue weighted by molar-refractivity contribution is 14.1. The van der Waals surface area contributed by atoms with E-state index in [0.29, 0.717) is 3.92 Å². The monoisotopic (exact) mass is 196 g/mol. The molecule has 0 spiro atoms. The normalized spacial score (nSPS) is 15.8. The molecule has 0 aliphatic rings. The topological polar surface area (TPSA) is 0 Å². The van der Waals surface area contributed by atoms with Crippen molar-refractivity contribution in [2.75, 3.05) is 0 Å². The molecule has 1 heteroatoms. The summed E-state index contributed by atoms with van der Waals surface area (Å²) in [5.41, 5.74) is 0. The predicted molar refractivity (Wildman–Crippen MR) is 38.3 cm³/mol. The summed E-state index contributed by atoms with van der Waals surface area (Å²) in [6.07, 6.45) is 4.22. The second kappa shape index (κ2) is 3.65. The second-order valence-corrected chi connectivity index (χ2v) is 3.17. The van der Waals surface area contributed by atoms with E-state index in [1.165, 1.54) is 0 Å². The molecule has 0 saturated carbocycles. The molecule has 1 atom stereocenters. The first-order chi connectivity index (χ1) is 2.77. The maximum atomic E-state index is 2.36. The molecule has 0 nitrogen and oxygen atoms in total. The molecule has 0 bridgehead atoms. The number of halogens is 1. The molecule has 6 heavy (non-hydrogen) atoms. The van der Waals surface area contributed by atoms with E-state index in [-0.39, 0.29) is 0 Å². The summed E-state index contributed by atoms with van der Waals surface area (Å²) in [7, 11) is 0. The maximum Gasteiger partial charge on any atom is 0.0261 e. The van der Waals surface area contributed by atoms with Gasteiger partial charge in [-0.05, 0) is 13.8 Å². The van der Waals surface area contributed by atoms with Gasteiger partial charge in [0.1, 0.15) is 0 Å². The molecule has 0 amide bonds. The number of allylic oxidation sites excluding steroid dienone is 2. The summed E-state index contributed by atoms with van der Waals surface area (Å²) in [6, 6.07) is 0. The third kappa shape index (κ3) is 4.47. The largest absolute Gasteiger partial charge is 0.0906 e. The fourth-order valence-corrected chi connectivity index (χ4v) is 0.680. The molecule has 0 N–H and O–H groups in total. The quantitative estimate of drug-likeness (QED) is 0.343. The van der Waals surface area contributed by atoms with Gasteiger partial charge in [0.25, 0.3) is 0 Å². The minimum Gasteiger partial charge on any atom is -0.0906 e. The van der Waals surface area contributed by atoms with Gasteiger partial charge in [-0.3, -0.25) is 0 Å². The van der Waals surface area contributed by atoms with Crippen molar-refractivity contribution >= 4 is 22.6 Å². The van der Waals surface area contributed by atoms with Crippen molar-refractivity contribution in [1.82, 2.24) is 0 Å². The number of alkyl halides is 1. The van der Waals surface area contributed by atoms with Gasteiger partial charge < -0.3 is 0 Å². The highest BCUT2D eigenvalue weighted by Gasteiger charge is 1.79. The van der Waals surface area contributed by atoms with Gasteiger partial charge in [-0.15, -0.1) is 0 Å². The van der Waals surface area contributed by atoms with Gasteiger partial charge in [0.15, 0.2) is 0 Å². The van der Waals surface area contributed by atoms with E-state index >= 15 is 0 Å². The fourth-order valence-electron chi connectivity index (χ4n) is 0.265.